The summed E-state index contributed by atoms with van der Waals surface area (Å²) in [5.41, 5.74) is -0.165. The first-order valence-corrected chi connectivity index (χ1v) is 7.29. The van der Waals surface area contributed by atoms with Gasteiger partial charge in [0.25, 0.3) is 11.8 Å². The number of halogens is 1. The molecular formula is C16H25FN3O2+. The van der Waals surface area contributed by atoms with E-state index in [1.54, 1.807) is 26.1 Å². The molecular weight excluding hydrogens is 285 g/mol. The lowest BCUT2D eigenvalue weighted by molar-refractivity contribution is -0.885. The fourth-order valence-corrected chi connectivity index (χ4v) is 1.90. The predicted molar refractivity (Wildman–Crippen MR) is 84.1 cm³/mol. The number of amides is 2. The highest BCUT2D eigenvalue weighted by Gasteiger charge is 2.25. The van der Waals surface area contributed by atoms with Crippen LogP contribution < -0.4 is 15.5 Å². The third-order valence-corrected chi connectivity index (χ3v) is 3.22. The van der Waals surface area contributed by atoms with Gasteiger partial charge in [-0.1, -0.05) is 12.1 Å². The zero-order valence-electron chi connectivity index (χ0n) is 13.8. The SMILES string of the molecule is C[C@@H](C(=O)Nc1ccccc1F)[NH+](C)CC(=O)NC(C)(C)C. The number of hydrogen-bond acceptors (Lipinski definition) is 2. The highest BCUT2D eigenvalue weighted by atomic mass is 19.1. The molecule has 0 saturated heterocycles. The maximum absolute atomic E-state index is 13.5. The van der Waals surface area contributed by atoms with E-state index in [9.17, 15) is 14.0 Å². The minimum absolute atomic E-state index is 0.129. The van der Waals surface area contributed by atoms with Crippen molar-refractivity contribution in [3.05, 3.63) is 30.1 Å². The lowest BCUT2D eigenvalue weighted by Crippen LogP contribution is -3.15. The van der Waals surface area contributed by atoms with Crippen molar-refractivity contribution in [1.82, 2.24) is 5.32 Å². The van der Waals surface area contributed by atoms with E-state index in [1.807, 2.05) is 20.8 Å². The predicted octanol–water partition coefficient (Wildman–Crippen LogP) is 0.582. The molecule has 0 spiro atoms. The van der Waals surface area contributed by atoms with E-state index in [-0.39, 0.29) is 29.6 Å². The third kappa shape index (κ3) is 5.81. The van der Waals surface area contributed by atoms with Gasteiger partial charge in [0.05, 0.1) is 12.7 Å². The van der Waals surface area contributed by atoms with Gasteiger partial charge >= 0.3 is 0 Å². The summed E-state index contributed by atoms with van der Waals surface area (Å²) in [4.78, 5) is 24.8. The van der Waals surface area contributed by atoms with Crippen LogP contribution >= 0.6 is 0 Å². The average molecular weight is 310 g/mol. The Labute approximate surface area is 130 Å². The Kier molecular flexibility index (Phi) is 6.05. The Balaban J connectivity index is 2.59. The molecule has 1 rings (SSSR count). The highest BCUT2D eigenvalue weighted by Crippen LogP contribution is 2.12. The fraction of sp³-hybridized carbons (Fsp3) is 0.500. The van der Waals surface area contributed by atoms with Crippen LogP contribution in [0.1, 0.15) is 27.7 Å². The van der Waals surface area contributed by atoms with E-state index in [1.165, 1.54) is 12.1 Å². The molecule has 2 atom stereocenters. The maximum Gasteiger partial charge on any atom is 0.282 e. The molecule has 0 aromatic heterocycles. The van der Waals surface area contributed by atoms with Gasteiger partial charge in [-0.05, 0) is 39.8 Å². The molecule has 0 aliphatic carbocycles. The zero-order chi connectivity index (χ0) is 16.9. The van der Waals surface area contributed by atoms with Crippen molar-refractivity contribution in [3.8, 4) is 0 Å². The van der Waals surface area contributed by atoms with Crippen LogP contribution in [0.2, 0.25) is 0 Å². The van der Waals surface area contributed by atoms with Crippen LogP contribution in [0.5, 0.6) is 0 Å². The topological polar surface area (TPSA) is 62.6 Å². The number of para-hydroxylation sites is 1. The fourth-order valence-electron chi connectivity index (χ4n) is 1.90. The van der Waals surface area contributed by atoms with Gasteiger partial charge < -0.3 is 15.5 Å². The van der Waals surface area contributed by atoms with E-state index in [0.717, 1.165) is 4.90 Å². The van der Waals surface area contributed by atoms with Crippen LogP contribution in [0.4, 0.5) is 10.1 Å². The first-order valence-electron chi connectivity index (χ1n) is 7.29. The van der Waals surface area contributed by atoms with Crippen molar-refractivity contribution in [2.45, 2.75) is 39.3 Å². The Bertz CT molecular complexity index is 540. The smallest absolute Gasteiger partial charge is 0.282 e. The third-order valence-electron chi connectivity index (χ3n) is 3.22. The van der Waals surface area contributed by atoms with Gasteiger partial charge in [-0.3, -0.25) is 9.59 Å². The van der Waals surface area contributed by atoms with Gasteiger partial charge in [-0.25, -0.2) is 4.39 Å². The monoisotopic (exact) mass is 310 g/mol. The van der Waals surface area contributed by atoms with Crippen LogP contribution in [0.3, 0.4) is 0 Å². The lowest BCUT2D eigenvalue weighted by Gasteiger charge is -2.24. The molecule has 1 aromatic rings. The molecule has 2 amide bonds. The highest BCUT2D eigenvalue weighted by molar-refractivity contribution is 5.93. The molecule has 0 radical (unpaired) electrons. The second kappa shape index (κ2) is 7.35. The average Bonchev–Trinajstić information content (AvgIpc) is 2.38. The van der Waals surface area contributed by atoms with Gasteiger partial charge in [0.1, 0.15) is 5.82 Å². The molecule has 3 N–H and O–H groups in total. The summed E-state index contributed by atoms with van der Waals surface area (Å²) in [5.74, 6) is -0.937. The number of quaternary nitrogens is 1. The molecule has 0 bridgehead atoms. The molecule has 122 valence electrons. The Morgan fingerprint density at radius 1 is 1.27 bits per heavy atom. The summed E-state index contributed by atoms with van der Waals surface area (Å²) < 4.78 is 13.5. The van der Waals surface area contributed by atoms with Crippen molar-refractivity contribution >= 4 is 17.5 Å². The van der Waals surface area contributed by atoms with E-state index < -0.39 is 11.9 Å². The minimum atomic E-state index is -0.481. The second-order valence-corrected chi connectivity index (χ2v) is 6.51. The Morgan fingerprint density at radius 3 is 2.41 bits per heavy atom. The van der Waals surface area contributed by atoms with Crippen molar-refractivity contribution in [3.63, 3.8) is 0 Å². The first-order chi connectivity index (χ1) is 10.1. The number of hydrogen-bond donors (Lipinski definition) is 3. The Hall–Kier alpha value is -1.95. The molecule has 0 aliphatic heterocycles. The van der Waals surface area contributed by atoms with Crippen molar-refractivity contribution < 1.29 is 18.9 Å². The number of anilines is 1. The van der Waals surface area contributed by atoms with Crippen molar-refractivity contribution in [2.24, 2.45) is 0 Å². The number of rotatable bonds is 5. The molecule has 0 heterocycles. The van der Waals surface area contributed by atoms with E-state index in [2.05, 4.69) is 10.6 Å². The molecule has 6 heteroatoms. The summed E-state index contributed by atoms with van der Waals surface area (Å²) in [6, 6.07) is 5.51. The molecule has 0 fully saturated rings. The van der Waals surface area contributed by atoms with Crippen LogP contribution in [0.25, 0.3) is 0 Å². The van der Waals surface area contributed by atoms with Crippen LogP contribution in [-0.4, -0.2) is 37.0 Å². The zero-order valence-corrected chi connectivity index (χ0v) is 13.8. The summed E-state index contributed by atoms with van der Waals surface area (Å²) in [6.07, 6.45) is 0. The van der Waals surface area contributed by atoms with Gasteiger partial charge in [-0.15, -0.1) is 0 Å². The minimum Gasteiger partial charge on any atom is -0.347 e. The number of carbonyl (C=O) groups is 2. The quantitative estimate of drug-likeness (QED) is 0.745. The van der Waals surface area contributed by atoms with Crippen LogP contribution in [-0.2, 0) is 9.59 Å². The van der Waals surface area contributed by atoms with Gasteiger partial charge in [0.2, 0.25) is 0 Å². The van der Waals surface area contributed by atoms with E-state index in [0.29, 0.717) is 0 Å². The van der Waals surface area contributed by atoms with E-state index >= 15 is 0 Å². The largest absolute Gasteiger partial charge is 0.347 e. The molecule has 5 nitrogen and oxygen atoms in total. The molecule has 0 saturated carbocycles. The van der Waals surface area contributed by atoms with Gasteiger partial charge in [-0.2, -0.15) is 0 Å². The second-order valence-electron chi connectivity index (χ2n) is 6.51. The van der Waals surface area contributed by atoms with E-state index in [4.69, 9.17) is 0 Å². The molecule has 1 unspecified atom stereocenters. The number of likely N-dealkylation sites (N-methyl/N-ethyl adjacent to an activating group) is 1. The maximum atomic E-state index is 13.5. The first kappa shape index (κ1) is 18.1. The Morgan fingerprint density at radius 2 is 1.86 bits per heavy atom. The van der Waals surface area contributed by atoms with Crippen LogP contribution in [0.15, 0.2) is 24.3 Å². The molecule has 22 heavy (non-hydrogen) atoms. The summed E-state index contributed by atoms with van der Waals surface area (Å²) in [7, 11) is 1.76. The summed E-state index contributed by atoms with van der Waals surface area (Å²) in [5, 5.41) is 5.40. The van der Waals surface area contributed by atoms with Crippen molar-refractivity contribution in [2.75, 3.05) is 18.9 Å². The lowest BCUT2D eigenvalue weighted by atomic mass is 10.1. The summed E-state index contributed by atoms with van der Waals surface area (Å²) >= 11 is 0. The van der Waals surface area contributed by atoms with Gasteiger partial charge in [0.15, 0.2) is 12.6 Å². The summed E-state index contributed by atoms with van der Waals surface area (Å²) in [6.45, 7) is 7.57. The number of nitrogens with one attached hydrogen (secondary N) is 3. The normalized spacial score (nSPS) is 14.1. The van der Waals surface area contributed by atoms with Crippen molar-refractivity contribution in [1.29, 1.82) is 0 Å². The number of carbonyl (C=O) groups excluding carboxylic acids is 2. The van der Waals surface area contributed by atoms with Crippen LogP contribution in [0, 0.1) is 5.82 Å². The molecule has 0 aliphatic rings. The standard InChI is InChI=1S/C16H24FN3O2/c1-11(20(5)10-14(21)19-16(2,3)4)15(22)18-13-9-7-6-8-12(13)17/h6-9,11H,10H2,1-5H3,(H,18,22)(H,19,21)/p+1/t11-/m0/s1. The van der Waals surface area contributed by atoms with Gasteiger partial charge in [0, 0.05) is 5.54 Å². The molecule has 1 aromatic carbocycles. The number of benzene rings is 1.